The largest absolute Gasteiger partial charge is 0.335 e. The van der Waals surface area contributed by atoms with Gasteiger partial charge in [-0.25, -0.2) is 0 Å². The van der Waals surface area contributed by atoms with Crippen LogP contribution in [0.3, 0.4) is 0 Å². The molecule has 0 aromatic heterocycles. The third-order valence-corrected chi connectivity index (χ3v) is 2.16. The summed E-state index contributed by atoms with van der Waals surface area (Å²) in [5.74, 6) is -8.08. The van der Waals surface area contributed by atoms with E-state index in [-0.39, 0.29) is 6.42 Å². The average molecular weight is 220 g/mol. The molecule has 0 fully saturated rings. The zero-order valence-electron chi connectivity index (χ0n) is 8.31. The lowest BCUT2D eigenvalue weighted by molar-refractivity contribution is -0.219. The van der Waals surface area contributed by atoms with Gasteiger partial charge in [0.25, 0.3) is 0 Å². The van der Waals surface area contributed by atoms with Crippen LogP contribution in [-0.2, 0) is 5.92 Å². The van der Waals surface area contributed by atoms with Crippen LogP contribution in [0.25, 0.3) is 0 Å². The molecule has 1 aromatic rings. The molecule has 0 nitrogen and oxygen atoms in total. The second kappa shape index (κ2) is 4.21. The van der Waals surface area contributed by atoms with Crippen molar-refractivity contribution in [2.75, 3.05) is 0 Å². The van der Waals surface area contributed by atoms with Crippen molar-refractivity contribution in [3.8, 4) is 0 Å². The predicted octanol–water partition coefficient (Wildman–Crippen LogP) is 4.21. The van der Waals surface area contributed by atoms with Crippen LogP contribution in [0, 0.1) is 0 Å². The quantitative estimate of drug-likeness (QED) is 0.666. The van der Waals surface area contributed by atoms with E-state index in [1.165, 1.54) is 25.1 Å². The number of hydrogen-bond acceptors (Lipinski definition) is 0. The Morgan fingerprint density at radius 1 is 1.00 bits per heavy atom. The second-order valence-corrected chi connectivity index (χ2v) is 3.39. The Hall–Kier alpha value is -1.06. The first-order valence-electron chi connectivity index (χ1n) is 4.73. The number of rotatable bonds is 4. The van der Waals surface area contributed by atoms with Gasteiger partial charge in [-0.3, -0.25) is 0 Å². The van der Waals surface area contributed by atoms with Gasteiger partial charge in [0.2, 0.25) is 0 Å². The van der Waals surface area contributed by atoms with Gasteiger partial charge in [-0.05, 0) is 0 Å². The van der Waals surface area contributed by atoms with Gasteiger partial charge in [-0.1, -0.05) is 43.7 Å². The molecule has 0 spiro atoms. The molecule has 0 saturated heterocycles. The van der Waals surface area contributed by atoms with Crippen LogP contribution in [-0.4, -0.2) is 5.92 Å². The number of hydrogen-bond donors (Lipinski definition) is 0. The molecule has 84 valence electrons. The molecule has 0 amide bonds. The summed E-state index contributed by atoms with van der Waals surface area (Å²) in [6, 6.07) is 6.20. The van der Waals surface area contributed by atoms with Gasteiger partial charge in [0.1, 0.15) is 0 Å². The van der Waals surface area contributed by atoms with Crippen molar-refractivity contribution in [3.63, 3.8) is 0 Å². The lowest BCUT2D eigenvalue weighted by Crippen LogP contribution is -2.37. The molecule has 0 saturated carbocycles. The standard InChI is InChI=1S/C11H12F4/c1-2-8-10(12,13)11(14,15)9-6-4-3-5-7-9/h3-7H,2,8H2,1H3. The highest BCUT2D eigenvalue weighted by Crippen LogP contribution is 2.45. The number of alkyl halides is 4. The molecule has 0 radical (unpaired) electrons. The van der Waals surface area contributed by atoms with Gasteiger partial charge in [0, 0.05) is 12.0 Å². The van der Waals surface area contributed by atoms with Crippen LogP contribution in [0.5, 0.6) is 0 Å². The zero-order valence-corrected chi connectivity index (χ0v) is 8.31. The minimum Gasteiger partial charge on any atom is -0.199 e. The van der Waals surface area contributed by atoms with Crippen LogP contribution in [0.4, 0.5) is 17.6 Å². The first kappa shape index (κ1) is 12.0. The minimum absolute atomic E-state index is 0.0232. The number of halogens is 4. The highest BCUT2D eigenvalue weighted by Gasteiger charge is 2.56. The van der Waals surface area contributed by atoms with Crippen LogP contribution in [0.1, 0.15) is 25.3 Å². The smallest absolute Gasteiger partial charge is 0.199 e. The second-order valence-electron chi connectivity index (χ2n) is 3.39. The zero-order chi connectivity index (χ0) is 11.5. The van der Waals surface area contributed by atoms with Crippen molar-refractivity contribution in [1.82, 2.24) is 0 Å². The Bertz CT molecular complexity index is 306. The maximum absolute atomic E-state index is 13.4. The summed E-state index contributed by atoms with van der Waals surface area (Å²) in [5.41, 5.74) is -0.636. The van der Waals surface area contributed by atoms with Gasteiger partial charge >= 0.3 is 11.8 Å². The molecule has 4 heteroatoms. The van der Waals surface area contributed by atoms with Crippen LogP contribution >= 0.6 is 0 Å². The van der Waals surface area contributed by atoms with E-state index in [1.54, 1.807) is 0 Å². The van der Waals surface area contributed by atoms with Gasteiger partial charge in [-0.15, -0.1) is 0 Å². The maximum atomic E-state index is 13.4. The molecule has 0 aliphatic rings. The summed E-state index contributed by atoms with van der Waals surface area (Å²) in [4.78, 5) is 0. The molecule has 0 unspecified atom stereocenters. The predicted molar refractivity (Wildman–Crippen MR) is 50.2 cm³/mol. The molecule has 1 aromatic carbocycles. The van der Waals surface area contributed by atoms with E-state index < -0.39 is 23.8 Å². The van der Waals surface area contributed by atoms with Crippen LogP contribution in [0.2, 0.25) is 0 Å². The van der Waals surface area contributed by atoms with Crippen molar-refractivity contribution in [1.29, 1.82) is 0 Å². The molecule has 0 heterocycles. The summed E-state index contributed by atoms with van der Waals surface area (Å²) >= 11 is 0. The van der Waals surface area contributed by atoms with Gasteiger partial charge in [-0.2, -0.15) is 17.6 Å². The molecular weight excluding hydrogens is 208 g/mol. The molecule has 0 atom stereocenters. The lowest BCUT2D eigenvalue weighted by Gasteiger charge is -2.26. The van der Waals surface area contributed by atoms with Crippen molar-refractivity contribution < 1.29 is 17.6 Å². The summed E-state index contributed by atoms with van der Waals surface area (Å²) in [7, 11) is 0. The van der Waals surface area contributed by atoms with E-state index in [2.05, 4.69) is 0 Å². The molecule has 1 rings (SSSR count). The van der Waals surface area contributed by atoms with E-state index in [0.29, 0.717) is 0 Å². The third kappa shape index (κ3) is 2.30. The topological polar surface area (TPSA) is 0 Å². The Balaban J connectivity index is 3.01. The van der Waals surface area contributed by atoms with E-state index in [1.807, 2.05) is 0 Å². The summed E-state index contributed by atoms with van der Waals surface area (Å²) < 4.78 is 53.0. The molecule has 0 aliphatic carbocycles. The maximum Gasteiger partial charge on any atom is 0.335 e. The average Bonchev–Trinajstić information content (AvgIpc) is 2.19. The lowest BCUT2D eigenvalue weighted by atomic mass is 9.99. The van der Waals surface area contributed by atoms with Crippen molar-refractivity contribution in [2.45, 2.75) is 31.6 Å². The summed E-state index contributed by atoms with van der Waals surface area (Å²) in [6.07, 6.45) is -0.787. The van der Waals surface area contributed by atoms with Gasteiger partial charge in [0.15, 0.2) is 0 Å². The third-order valence-electron chi connectivity index (χ3n) is 2.16. The molecule has 0 bridgehead atoms. The van der Waals surface area contributed by atoms with E-state index in [9.17, 15) is 17.6 Å². The van der Waals surface area contributed by atoms with E-state index >= 15 is 0 Å². The molecule has 0 N–H and O–H groups in total. The summed E-state index contributed by atoms with van der Waals surface area (Å²) in [5, 5.41) is 0. The Morgan fingerprint density at radius 2 is 1.53 bits per heavy atom. The minimum atomic E-state index is -4.09. The van der Waals surface area contributed by atoms with Gasteiger partial charge in [0.05, 0.1) is 0 Å². The first-order chi connectivity index (χ1) is 6.92. The Labute approximate surface area is 85.9 Å². The van der Waals surface area contributed by atoms with Crippen molar-refractivity contribution in [2.24, 2.45) is 0 Å². The SMILES string of the molecule is CCCC(F)(F)C(F)(F)c1ccccc1. The fourth-order valence-electron chi connectivity index (χ4n) is 1.33. The number of benzene rings is 1. The highest BCUT2D eigenvalue weighted by atomic mass is 19.3. The fraction of sp³-hybridized carbons (Fsp3) is 0.455. The molecular formula is C11H12F4. The Morgan fingerprint density at radius 3 is 2.00 bits per heavy atom. The molecule has 0 aliphatic heterocycles. The normalized spacial score (nSPS) is 12.9. The molecule has 15 heavy (non-hydrogen) atoms. The van der Waals surface area contributed by atoms with Crippen molar-refractivity contribution >= 4 is 0 Å². The Kier molecular flexibility index (Phi) is 3.37. The highest BCUT2D eigenvalue weighted by molar-refractivity contribution is 5.22. The summed E-state index contributed by atoms with van der Waals surface area (Å²) in [6.45, 7) is 1.45. The van der Waals surface area contributed by atoms with Crippen molar-refractivity contribution in [3.05, 3.63) is 35.9 Å². The fourth-order valence-corrected chi connectivity index (χ4v) is 1.33. The van der Waals surface area contributed by atoms with Crippen LogP contribution in [0.15, 0.2) is 30.3 Å². The first-order valence-corrected chi connectivity index (χ1v) is 4.73. The van der Waals surface area contributed by atoms with Crippen LogP contribution < -0.4 is 0 Å². The monoisotopic (exact) mass is 220 g/mol. The van der Waals surface area contributed by atoms with E-state index in [4.69, 9.17) is 0 Å². The van der Waals surface area contributed by atoms with Gasteiger partial charge < -0.3 is 0 Å². The van der Waals surface area contributed by atoms with E-state index in [0.717, 1.165) is 12.1 Å².